The third-order valence-corrected chi connectivity index (χ3v) is 3.96. The van der Waals surface area contributed by atoms with Crippen LogP contribution < -0.4 is 10.1 Å². The van der Waals surface area contributed by atoms with Gasteiger partial charge in [-0.25, -0.2) is 4.79 Å². The van der Waals surface area contributed by atoms with E-state index >= 15 is 0 Å². The van der Waals surface area contributed by atoms with Crippen LogP contribution in [0.4, 0.5) is 11.4 Å². The summed E-state index contributed by atoms with van der Waals surface area (Å²) in [5.74, 6) is -1.11. The fraction of sp³-hybridized carbons (Fsp3) is 0.300. The number of amides is 1. The molecular weight excluding hydrogens is 364 g/mol. The smallest absolute Gasteiger partial charge is 0.344 e. The largest absolute Gasteiger partial charge is 0.475 e. The lowest BCUT2D eigenvalue weighted by molar-refractivity contribution is -0.385. The number of carbonyl (C=O) groups is 2. The van der Waals surface area contributed by atoms with Crippen LogP contribution >= 0.6 is 0 Å². The lowest BCUT2D eigenvalue weighted by Crippen LogP contribution is -2.24. The van der Waals surface area contributed by atoms with Gasteiger partial charge in [0.15, 0.2) is 19.0 Å². The number of hydrogen-bond acceptors (Lipinski definition) is 6. The Morgan fingerprint density at radius 1 is 1.11 bits per heavy atom. The lowest BCUT2D eigenvalue weighted by Gasteiger charge is -2.16. The van der Waals surface area contributed by atoms with Crippen molar-refractivity contribution in [3.05, 3.63) is 63.7 Å². The number of anilines is 1. The van der Waals surface area contributed by atoms with Crippen LogP contribution in [0.2, 0.25) is 0 Å². The van der Waals surface area contributed by atoms with Gasteiger partial charge < -0.3 is 14.8 Å². The van der Waals surface area contributed by atoms with Crippen LogP contribution in [-0.4, -0.2) is 30.0 Å². The maximum Gasteiger partial charge on any atom is 0.344 e. The van der Waals surface area contributed by atoms with E-state index in [1.54, 1.807) is 6.07 Å². The number of ether oxygens (including phenoxy) is 2. The summed E-state index contributed by atoms with van der Waals surface area (Å²) in [4.78, 5) is 34.2. The zero-order chi connectivity index (χ0) is 20.7. The fourth-order valence-corrected chi connectivity index (χ4v) is 2.57. The van der Waals surface area contributed by atoms with Crippen LogP contribution in [0.25, 0.3) is 0 Å². The second-order valence-corrected chi connectivity index (χ2v) is 6.42. The molecule has 2 rings (SSSR count). The van der Waals surface area contributed by atoms with Gasteiger partial charge in [0, 0.05) is 11.8 Å². The van der Waals surface area contributed by atoms with Gasteiger partial charge in [-0.15, -0.1) is 0 Å². The van der Waals surface area contributed by atoms with Crippen molar-refractivity contribution in [3.63, 3.8) is 0 Å². The maximum absolute atomic E-state index is 12.1. The van der Waals surface area contributed by atoms with Gasteiger partial charge in [-0.1, -0.05) is 44.2 Å². The minimum absolute atomic E-state index is 0.0459. The van der Waals surface area contributed by atoms with Gasteiger partial charge >= 0.3 is 11.7 Å². The van der Waals surface area contributed by atoms with Crippen molar-refractivity contribution in [3.8, 4) is 5.75 Å². The van der Waals surface area contributed by atoms with E-state index in [0.29, 0.717) is 5.69 Å². The number of rotatable bonds is 8. The molecule has 2 aromatic rings. The first-order chi connectivity index (χ1) is 13.3. The van der Waals surface area contributed by atoms with Gasteiger partial charge in [0.05, 0.1) is 4.92 Å². The molecule has 1 amide bonds. The molecule has 0 saturated carbocycles. The maximum atomic E-state index is 12.1. The van der Waals surface area contributed by atoms with Crippen molar-refractivity contribution in [1.29, 1.82) is 0 Å². The highest BCUT2D eigenvalue weighted by molar-refractivity contribution is 5.94. The molecule has 0 aromatic heterocycles. The monoisotopic (exact) mass is 386 g/mol. The number of esters is 1. The van der Waals surface area contributed by atoms with E-state index in [9.17, 15) is 19.7 Å². The Balaban J connectivity index is 1.89. The van der Waals surface area contributed by atoms with Gasteiger partial charge in [0.25, 0.3) is 5.91 Å². The van der Waals surface area contributed by atoms with Gasteiger partial charge in [0.2, 0.25) is 0 Å². The molecule has 0 radical (unpaired) electrons. The van der Waals surface area contributed by atoms with Crippen molar-refractivity contribution < 1.29 is 24.0 Å². The van der Waals surface area contributed by atoms with E-state index in [4.69, 9.17) is 9.47 Å². The van der Waals surface area contributed by atoms with E-state index < -0.39 is 30.0 Å². The summed E-state index contributed by atoms with van der Waals surface area (Å²) in [6, 6.07) is 11.4. The number of para-hydroxylation sites is 3. The SMILES string of the molecule is Cc1cccc(C(C)C)c1NC(=O)COC(=O)COc1ccccc1[N+](=O)[O-]. The van der Waals surface area contributed by atoms with E-state index in [0.717, 1.165) is 11.1 Å². The zero-order valence-corrected chi connectivity index (χ0v) is 15.9. The average molecular weight is 386 g/mol. The van der Waals surface area contributed by atoms with Crippen molar-refractivity contribution in [2.45, 2.75) is 26.7 Å². The molecule has 0 aliphatic heterocycles. The molecule has 0 aliphatic carbocycles. The van der Waals surface area contributed by atoms with E-state index in [2.05, 4.69) is 5.32 Å². The third-order valence-electron chi connectivity index (χ3n) is 3.96. The van der Waals surface area contributed by atoms with Crippen LogP contribution in [0.3, 0.4) is 0 Å². The molecule has 0 unspecified atom stereocenters. The number of benzene rings is 2. The number of nitro benzene ring substituents is 1. The summed E-state index contributed by atoms with van der Waals surface area (Å²) in [6.07, 6.45) is 0. The fourth-order valence-electron chi connectivity index (χ4n) is 2.57. The van der Waals surface area contributed by atoms with Crippen LogP contribution in [0.15, 0.2) is 42.5 Å². The number of carbonyl (C=O) groups excluding carboxylic acids is 2. The number of nitro groups is 1. The third kappa shape index (κ3) is 5.54. The van der Waals surface area contributed by atoms with Crippen molar-refractivity contribution in [1.82, 2.24) is 0 Å². The van der Waals surface area contributed by atoms with Gasteiger partial charge in [-0.3, -0.25) is 14.9 Å². The molecule has 0 bridgehead atoms. The normalized spacial score (nSPS) is 10.4. The van der Waals surface area contributed by atoms with E-state index in [1.165, 1.54) is 18.2 Å². The lowest BCUT2D eigenvalue weighted by atomic mass is 9.98. The van der Waals surface area contributed by atoms with Crippen LogP contribution in [-0.2, 0) is 14.3 Å². The molecule has 0 saturated heterocycles. The second kappa shape index (κ2) is 9.50. The number of nitrogens with zero attached hydrogens (tertiary/aromatic N) is 1. The van der Waals surface area contributed by atoms with E-state index in [-0.39, 0.29) is 17.4 Å². The number of aryl methyl sites for hydroxylation is 1. The molecule has 0 aliphatic rings. The Labute approximate surface area is 162 Å². The van der Waals surface area contributed by atoms with Crippen molar-refractivity contribution >= 4 is 23.3 Å². The molecular formula is C20H22N2O6. The van der Waals surface area contributed by atoms with E-state index in [1.807, 2.05) is 39.0 Å². The minimum Gasteiger partial charge on any atom is -0.475 e. The highest BCUT2D eigenvalue weighted by Gasteiger charge is 2.17. The molecule has 0 fully saturated rings. The van der Waals surface area contributed by atoms with Crippen LogP contribution in [0, 0.1) is 17.0 Å². The minimum atomic E-state index is -0.804. The topological polar surface area (TPSA) is 108 Å². The predicted molar refractivity (Wildman–Crippen MR) is 103 cm³/mol. The zero-order valence-electron chi connectivity index (χ0n) is 15.9. The van der Waals surface area contributed by atoms with Gasteiger partial charge in [-0.05, 0) is 30.0 Å². The summed E-state index contributed by atoms with van der Waals surface area (Å²) >= 11 is 0. The van der Waals surface area contributed by atoms with Crippen LogP contribution in [0.5, 0.6) is 5.75 Å². The Morgan fingerprint density at radius 2 is 1.82 bits per heavy atom. The summed E-state index contributed by atoms with van der Waals surface area (Å²) in [5.41, 5.74) is 2.34. The first-order valence-corrected chi connectivity index (χ1v) is 8.70. The Bertz CT molecular complexity index is 879. The molecule has 8 heteroatoms. The predicted octanol–water partition coefficient (Wildman–Crippen LogP) is 3.59. The molecule has 148 valence electrons. The molecule has 1 N–H and O–H groups in total. The van der Waals surface area contributed by atoms with Gasteiger partial charge in [0.1, 0.15) is 0 Å². The first kappa shape index (κ1) is 20.9. The summed E-state index contributed by atoms with van der Waals surface area (Å²) in [5, 5.41) is 13.7. The molecule has 0 heterocycles. The molecule has 0 atom stereocenters. The van der Waals surface area contributed by atoms with Crippen LogP contribution in [0.1, 0.15) is 30.9 Å². The summed E-state index contributed by atoms with van der Waals surface area (Å²) in [7, 11) is 0. The Kier molecular flexibility index (Phi) is 7.08. The Hall–Kier alpha value is -3.42. The molecule has 8 nitrogen and oxygen atoms in total. The van der Waals surface area contributed by atoms with Gasteiger partial charge in [-0.2, -0.15) is 0 Å². The number of hydrogen-bond donors (Lipinski definition) is 1. The van der Waals surface area contributed by atoms with Crippen molar-refractivity contribution in [2.24, 2.45) is 0 Å². The highest BCUT2D eigenvalue weighted by atomic mass is 16.6. The second-order valence-electron chi connectivity index (χ2n) is 6.42. The summed E-state index contributed by atoms with van der Waals surface area (Å²) < 4.78 is 10.0. The molecule has 28 heavy (non-hydrogen) atoms. The first-order valence-electron chi connectivity index (χ1n) is 8.70. The summed E-state index contributed by atoms with van der Waals surface area (Å²) in [6.45, 7) is 4.90. The molecule has 2 aromatic carbocycles. The highest BCUT2D eigenvalue weighted by Crippen LogP contribution is 2.27. The standard InChI is InChI=1S/C20H22N2O6/c1-13(2)15-8-6-7-14(3)20(15)21-18(23)11-28-19(24)12-27-17-10-5-4-9-16(17)22(25)26/h4-10,13H,11-12H2,1-3H3,(H,21,23). The molecule has 0 spiro atoms. The van der Waals surface area contributed by atoms with Crippen molar-refractivity contribution in [2.75, 3.05) is 18.5 Å². The quantitative estimate of drug-likeness (QED) is 0.422. The number of nitrogens with one attached hydrogen (secondary N) is 1. The average Bonchev–Trinajstić information content (AvgIpc) is 2.66. The Morgan fingerprint density at radius 3 is 2.50 bits per heavy atom.